The van der Waals surface area contributed by atoms with E-state index in [0.29, 0.717) is 32.4 Å². The van der Waals surface area contributed by atoms with E-state index in [1.807, 2.05) is 97.1 Å². The summed E-state index contributed by atoms with van der Waals surface area (Å²) in [6.45, 7) is 0. The number of rotatable bonds is 8. The van der Waals surface area contributed by atoms with E-state index >= 15 is 0 Å². The van der Waals surface area contributed by atoms with Crippen molar-refractivity contribution in [3.63, 3.8) is 0 Å². The van der Waals surface area contributed by atoms with Gasteiger partial charge in [-0.25, -0.2) is 0 Å². The highest BCUT2D eigenvalue weighted by Crippen LogP contribution is 2.46. The van der Waals surface area contributed by atoms with Gasteiger partial charge in [-0.1, -0.05) is 182 Å². The third-order valence-electron chi connectivity index (χ3n) is 10.1. The van der Waals surface area contributed by atoms with Crippen LogP contribution in [0.5, 0.6) is 0 Å². The van der Waals surface area contributed by atoms with E-state index in [-0.39, 0.29) is 11.1 Å². The van der Waals surface area contributed by atoms with E-state index in [1.54, 1.807) is 6.07 Å². The first-order valence-corrected chi connectivity index (χ1v) is 18.8. The molecule has 282 valence electrons. The van der Waals surface area contributed by atoms with Crippen LogP contribution in [0.3, 0.4) is 0 Å². The predicted molar refractivity (Wildman–Crippen MR) is 253 cm³/mol. The van der Waals surface area contributed by atoms with Crippen LogP contribution in [0.2, 0.25) is 0 Å². The number of anilines is 3. The van der Waals surface area contributed by atoms with E-state index in [9.17, 15) is 15.1 Å². The fourth-order valence-electron chi connectivity index (χ4n) is 7.37. The summed E-state index contributed by atoms with van der Waals surface area (Å²) in [4.78, 5) is 0.655. The molecule has 0 spiro atoms. The molecule has 0 aliphatic rings. The molecule has 0 amide bonds. The topological polar surface area (TPSA) is 16.4 Å². The average molecular weight is 787 g/mol. The lowest BCUT2D eigenvalue weighted by Crippen LogP contribution is -2.09. The first-order chi connectivity index (χ1) is 38.5. The smallest absolute Gasteiger partial charge is 0.143 e. The summed E-state index contributed by atoms with van der Waals surface area (Å²) in [7, 11) is 0. The molecule has 0 saturated heterocycles. The molecular weight excluding hydrogens is 727 g/mol. The van der Waals surface area contributed by atoms with Gasteiger partial charge in [-0.05, 0) is 115 Å². The van der Waals surface area contributed by atoms with E-state index in [2.05, 4.69) is 0 Å². The maximum absolute atomic E-state index is 9.95. The second-order valence-corrected chi connectivity index (χ2v) is 13.7. The molecule has 2 nitrogen and oxygen atoms in total. The Hall–Kier alpha value is -7.94. The van der Waals surface area contributed by atoms with Gasteiger partial charge >= 0.3 is 0 Å². The molecular formula is C58H39NO. The third-order valence-corrected chi connectivity index (χ3v) is 10.1. The minimum atomic E-state index is -1.05. The maximum Gasteiger partial charge on any atom is 0.143 e. The second kappa shape index (κ2) is 15.1. The van der Waals surface area contributed by atoms with Gasteiger partial charge in [-0.15, -0.1) is 0 Å². The van der Waals surface area contributed by atoms with Crippen molar-refractivity contribution in [3.05, 3.63) is 236 Å². The summed E-state index contributed by atoms with van der Waals surface area (Å²) < 4.78 is 196. The summed E-state index contributed by atoms with van der Waals surface area (Å²) in [5.74, 6) is 0. The molecule has 1 aromatic heterocycles. The molecule has 10 aromatic carbocycles. The van der Waals surface area contributed by atoms with Crippen LogP contribution in [-0.4, -0.2) is 0 Å². The summed E-state index contributed by atoms with van der Waals surface area (Å²) in [5, 5.41) is 2.70. The van der Waals surface area contributed by atoms with Crippen LogP contribution in [0.4, 0.5) is 17.1 Å². The molecule has 0 bridgehead atoms. The largest absolute Gasteiger partial charge is 0.455 e. The molecule has 0 radical (unpaired) electrons. The zero-order valence-corrected chi connectivity index (χ0v) is 31.2. The van der Waals surface area contributed by atoms with Gasteiger partial charge in [0.2, 0.25) is 0 Å². The minimum absolute atomic E-state index is 0.129. The Morgan fingerprint density at radius 1 is 0.333 bits per heavy atom. The highest BCUT2D eigenvalue weighted by Gasteiger charge is 2.20. The van der Waals surface area contributed by atoms with Crippen LogP contribution in [0.25, 0.3) is 88.3 Å². The van der Waals surface area contributed by atoms with Crippen molar-refractivity contribution in [1.82, 2.24) is 0 Å². The highest BCUT2D eigenvalue weighted by molar-refractivity contribution is 6.22. The van der Waals surface area contributed by atoms with Crippen LogP contribution in [-0.2, 0) is 0 Å². The molecule has 0 aliphatic heterocycles. The Morgan fingerprint density at radius 3 is 1.47 bits per heavy atom. The SMILES string of the molecule is [2H]c1cc(N(c2c([2H])c([2H])c(-c3c([2H])c([2H])c([2H])c([2H])c3[2H])c([2H])c2[2H])c2c([2H])c([2H])c(-c3c([2H])c([2H])c([2H])c([2H])c3[2H])c([2H])c2[2H])c([2H])c([2H])c1-c1cc(-c2ccccc2)cc2oc3c4ccccc4c(-c4ccccc4)cc3c12. The number of hydrogen-bond donors (Lipinski definition) is 0. The lowest BCUT2D eigenvalue weighted by Gasteiger charge is -2.26. The van der Waals surface area contributed by atoms with Gasteiger partial charge < -0.3 is 9.32 Å². The first kappa shape index (κ1) is 19.7. The highest BCUT2D eigenvalue weighted by atomic mass is 16.3. The molecule has 0 N–H and O–H groups in total. The van der Waals surface area contributed by atoms with Crippen molar-refractivity contribution in [2.75, 3.05) is 4.90 Å². The van der Waals surface area contributed by atoms with Gasteiger partial charge in [0.25, 0.3) is 0 Å². The first-order valence-electron chi connectivity index (χ1n) is 29.3. The molecule has 11 rings (SSSR count). The van der Waals surface area contributed by atoms with Crippen LogP contribution in [0.15, 0.2) is 241 Å². The van der Waals surface area contributed by atoms with Crippen LogP contribution in [0.1, 0.15) is 28.8 Å². The zero-order chi connectivity index (χ0) is 58.1. The Balaban J connectivity index is 1.24. The maximum atomic E-state index is 9.95. The minimum Gasteiger partial charge on any atom is -0.455 e. The lowest BCUT2D eigenvalue weighted by atomic mass is 9.91. The number of benzene rings is 10. The predicted octanol–water partition coefficient (Wildman–Crippen LogP) is 16.5. The number of furan rings is 1. The van der Waals surface area contributed by atoms with E-state index in [0.717, 1.165) is 33.5 Å². The molecule has 0 saturated carbocycles. The molecule has 11 aromatic rings. The Bertz CT molecular complexity index is 4290. The van der Waals surface area contributed by atoms with E-state index < -0.39 is 166 Å². The molecule has 60 heavy (non-hydrogen) atoms. The van der Waals surface area contributed by atoms with Gasteiger partial charge in [-0.2, -0.15) is 0 Å². The number of nitrogens with zero attached hydrogens (tertiary/aromatic N) is 1. The average Bonchev–Trinajstić information content (AvgIpc) is 4.14. The van der Waals surface area contributed by atoms with Crippen molar-refractivity contribution < 1.29 is 33.2 Å². The fraction of sp³-hybridized carbons (Fsp3) is 0. The fourth-order valence-corrected chi connectivity index (χ4v) is 7.37. The molecule has 0 aliphatic carbocycles. The Kier molecular flexibility index (Phi) is 4.95. The van der Waals surface area contributed by atoms with E-state index in [4.69, 9.17) is 18.1 Å². The van der Waals surface area contributed by atoms with E-state index in [1.165, 1.54) is 0 Å². The molecule has 1 heterocycles. The van der Waals surface area contributed by atoms with Crippen molar-refractivity contribution in [2.45, 2.75) is 0 Å². The lowest BCUT2D eigenvalue weighted by molar-refractivity contribution is 0.673. The molecule has 2 heteroatoms. The van der Waals surface area contributed by atoms with Crippen LogP contribution in [0, 0.1) is 0 Å². The van der Waals surface area contributed by atoms with Gasteiger partial charge in [0.1, 0.15) is 11.2 Å². The monoisotopic (exact) mass is 786 g/mol. The second-order valence-electron chi connectivity index (χ2n) is 13.7. The summed E-state index contributed by atoms with van der Waals surface area (Å²) in [5.41, 5.74) is -1.24. The zero-order valence-electron chi connectivity index (χ0n) is 52.2. The van der Waals surface area contributed by atoms with Gasteiger partial charge in [0, 0.05) is 33.2 Å². The van der Waals surface area contributed by atoms with Crippen molar-refractivity contribution in [2.24, 2.45) is 0 Å². The van der Waals surface area contributed by atoms with Gasteiger partial charge in [-0.3, -0.25) is 0 Å². The Labute approximate surface area is 379 Å². The van der Waals surface area contributed by atoms with Gasteiger partial charge in [0.15, 0.2) is 0 Å². The van der Waals surface area contributed by atoms with Crippen LogP contribution >= 0.6 is 0 Å². The third kappa shape index (κ3) is 6.41. The summed E-state index contributed by atoms with van der Waals surface area (Å²) >= 11 is 0. The quantitative estimate of drug-likeness (QED) is 0.153. The van der Waals surface area contributed by atoms with Gasteiger partial charge in [0.05, 0.1) is 28.8 Å². The molecule has 0 unspecified atom stereocenters. The molecule has 0 atom stereocenters. The van der Waals surface area contributed by atoms with Crippen molar-refractivity contribution >= 4 is 49.8 Å². The Morgan fingerprint density at radius 2 is 0.850 bits per heavy atom. The summed E-state index contributed by atoms with van der Waals surface area (Å²) in [6, 6.07) is 14.6. The standard InChI is InChI=1S/C58H39NO/c1-5-15-40(16-6-1)43-25-31-48(32-26-43)59(49-33-27-44(28-34-49)41-17-7-2-8-18-41)50-35-29-46(30-36-50)54-37-47(42-19-9-3-10-20-42)38-56-57(54)55-39-53(45-21-11-4-12-22-45)51-23-13-14-24-52(51)58(55)60-56/h1-39H/i1D,2D,5D,6D,7D,8D,15D,16D,17D,18D,25D,26D,27D,28D,29D,30D,31D,32D,33D,34D,35D. The molecule has 0 fully saturated rings. The normalized spacial score (nSPS) is 16.2. The number of hydrogen-bond acceptors (Lipinski definition) is 2. The van der Waals surface area contributed by atoms with Crippen molar-refractivity contribution in [3.8, 4) is 55.6 Å². The van der Waals surface area contributed by atoms with Crippen molar-refractivity contribution in [1.29, 1.82) is 0 Å². The summed E-state index contributed by atoms with van der Waals surface area (Å²) in [6.07, 6.45) is 0. The van der Waals surface area contributed by atoms with Crippen LogP contribution < -0.4 is 4.90 Å². The number of fused-ring (bicyclic) bond motifs is 5.